The SMILES string of the molecule is CC(C)CCCC1CCC(C(=O)OCCCCCCSCCCCCCCCSCCCCCCO)CC1. The summed E-state index contributed by atoms with van der Waals surface area (Å²) in [6, 6.07) is 0. The number of hydrogen-bond donors (Lipinski definition) is 1. The number of aliphatic hydroxyl groups excluding tert-OH is 1. The quantitative estimate of drug-likeness (QED) is 0.0783. The van der Waals surface area contributed by atoms with Gasteiger partial charge >= 0.3 is 5.97 Å². The monoisotopic (exact) mass is 572 g/mol. The smallest absolute Gasteiger partial charge is 0.308 e. The summed E-state index contributed by atoms with van der Waals surface area (Å²) in [7, 11) is 0. The van der Waals surface area contributed by atoms with Crippen LogP contribution in [0.25, 0.3) is 0 Å². The summed E-state index contributed by atoms with van der Waals surface area (Å²) >= 11 is 4.25. The predicted molar refractivity (Wildman–Crippen MR) is 171 cm³/mol. The van der Waals surface area contributed by atoms with Crippen LogP contribution in [0, 0.1) is 17.8 Å². The number of thioether (sulfide) groups is 2. The van der Waals surface area contributed by atoms with Crippen molar-refractivity contribution in [1.29, 1.82) is 0 Å². The zero-order valence-corrected chi connectivity index (χ0v) is 27.0. The number of esters is 1. The molecule has 38 heavy (non-hydrogen) atoms. The summed E-state index contributed by atoms with van der Waals surface area (Å²) < 4.78 is 5.62. The average molecular weight is 573 g/mol. The molecule has 0 saturated heterocycles. The van der Waals surface area contributed by atoms with Crippen LogP contribution in [0.4, 0.5) is 0 Å². The third-order valence-electron chi connectivity index (χ3n) is 8.03. The second kappa shape index (κ2) is 27.3. The molecule has 3 nitrogen and oxygen atoms in total. The van der Waals surface area contributed by atoms with E-state index in [2.05, 4.69) is 37.4 Å². The highest BCUT2D eigenvalue weighted by Gasteiger charge is 2.27. The Hall–Kier alpha value is 0.130. The van der Waals surface area contributed by atoms with Crippen molar-refractivity contribution in [2.24, 2.45) is 17.8 Å². The highest BCUT2D eigenvalue weighted by molar-refractivity contribution is 7.99. The fourth-order valence-corrected chi connectivity index (χ4v) is 7.48. The molecule has 0 aromatic rings. The number of rotatable bonds is 27. The second-order valence-corrected chi connectivity index (χ2v) is 14.6. The molecule has 0 amide bonds. The van der Waals surface area contributed by atoms with E-state index in [9.17, 15) is 4.79 Å². The Morgan fingerprint density at radius 2 is 1.16 bits per heavy atom. The summed E-state index contributed by atoms with van der Waals surface area (Å²) in [5.41, 5.74) is 0. The van der Waals surface area contributed by atoms with Crippen LogP contribution in [-0.4, -0.2) is 47.3 Å². The van der Waals surface area contributed by atoms with E-state index >= 15 is 0 Å². The minimum atomic E-state index is 0.0846. The first-order valence-electron chi connectivity index (χ1n) is 16.6. The highest BCUT2D eigenvalue weighted by Crippen LogP contribution is 2.33. The molecular formula is C33H64O3S2. The maximum absolute atomic E-state index is 12.4. The van der Waals surface area contributed by atoms with Gasteiger partial charge in [-0.25, -0.2) is 0 Å². The average Bonchev–Trinajstić information content (AvgIpc) is 2.91. The summed E-state index contributed by atoms with van der Waals surface area (Å²) in [5, 5.41) is 8.78. The Morgan fingerprint density at radius 1 is 0.684 bits per heavy atom. The van der Waals surface area contributed by atoms with Gasteiger partial charge in [-0.3, -0.25) is 4.79 Å². The van der Waals surface area contributed by atoms with Crippen LogP contribution in [0.2, 0.25) is 0 Å². The van der Waals surface area contributed by atoms with E-state index in [1.807, 2.05) is 0 Å². The first-order valence-corrected chi connectivity index (χ1v) is 18.9. The lowest BCUT2D eigenvalue weighted by Crippen LogP contribution is -2.24. The predicted octanol–water partition coefficient (Wildman–Crippen LogP) is 10.1. The van der Waals surface area contributed by atoms with Crippen molar-refractivity contribution in [3.05, 3.63) is 0 Å². The van der Waals surface area contributed by atoms with Crippen LogP contribution in [0.1, 0.15) is 149 Å². The molecule has 0 unspecified atom stereocenters. The van der Waals surface area contributed by atoms with Crippen molar-refractivity contribution in [3.63, 3.8) is 0 Å². The van der Waals surface area contributed by atoms with Crippen LogP contribution in [0.15, 0.2) is 0 Å². The Bertz CT molecular complexity index is 506. The molecule has 5 heteroatoms. The Balaban J connectivity index is 1.75. The van der Waals surface area contributed by atoms with Crippen molar-refractivity contribution >= 4 is 29.5 Å². The topological polar surface area (TPSA) is 46.5 Å². The van der Waals surface area contributed by atoms with Crippen molar-refractivity contribution in [1.82, 2.24) is 0 Å². The van der Waals surface area contributed by atoms with E-state index < -0.39 is 0 Å². The second-order valence-electron chi connectivity index (χ2n) is 12.1. The molecule has 0 atom stereocenters. The van der Waals surface area contributed by atoms with Crippen LogP contribution >= 0.6 is 23.5 Å². The van der Waals surface area contributed by atoms with Gasteiger partial charge in [-0.15, -0.1) is 0 Å². The summed E-state index contributed by atoms with van der Waals surface area (Å²) in [6.07, 6.45) is 26.5. The van der Waals surface area contributed by atoms with Crippen LogP contribution in [0.5, 0.6) is 0 Å². The van der Waals surface area contributed by atoms with Gasteiger partial charge in [0.05, 0.1) is 12.5 Å². The maximum atomic E-state index is 12.4. The fourth-order valence-electron chi connectivity index (χ4n) is 5.44. The Morgan fingerprint density at radius 3 is 1.66 bits per heavy atom. The number of hydrogen-bond acceptors (Lipinski definition) is 5. The molecule has 0 spiro atoms. The largest absolute Gasteiger partial charge is 0.465 e. The molecule has 1 N–H and O–H groups in total. The number of ether oxygens (including phenoxy) is 1. The maximum Gasteiger partial charge on any atom is 0.308 e. The standard InChI is InChI=1S/C33H64O3S2/c1-30(2)18-17-19-31-20-22-32(23-21-31)33(35)36-25-12-6-10-16-29-38-27-14-8-4-3-7-13-26-37-28-15-9-5-11-24-34/h30-32,34H,3-29H2,1-2H3. The zero-order chi connectivity index (χ0) is 27.5. The highest BCUT2D eigenvalue weighted by atomic mass is 32.2. The molecule has 0 bridgehead atoms. The molecule has 0 aromatic heterocycles. The van der Waals surface area contributed by atoms with Gasteiger partial charge in [0.2, 0.25) is 0 Å². The van der Waals surface area contributed by atoms with Crippen LogP contribution in [-0.2, 0) is 9.53 Å². The first kappa shape index (κ1) is 36.2. The van der Waals surface area contributed by atoms with Crippen molar-refractivity contribution in [2.75, 3.05) is 36.2 Å². The van der Waals surface area contributed by atoms with Crippen molar-refractivity contribution in [2.45, 2.75) is 149 Å². The lowest BCUT2D eigenvalue weighted by Gasteiger charge is -2.27. The lowest BCUT2D eigenvalue weighted by molar-refractivity contribution is -0.150. The van der Waals surface area contributed by atoms with E-state index in [-0.39, 0.29) is 11.9 Å². The first-order chi connectivity index (χ1) is 18.6. The van der Waals surface area contributed by atoms with Crippen molar-refractivity contribution in [3.8, 4) is 0 Å². The molecule has 1 aliphatic rings. The number of carbonyl (C=O) groups excluding carboxylic acids is 1. The van der Waals surface area contributed by atoms with Crippen LogP contribution in [0.3, 0.4) is 0 Å². The van der Waals surface area contributed by atoms with Gasteiger partial charge in [0.15, 0.2) is 0 Å². The van der Waals surface area contributed by atoms with Gasteiger partial charge in [-0.2, -0.15) is 23.5 Å². The fraction of sp³-hybridized carbons (Fsp3) is 0.970. The molecule has 0 radical (unpaired) electrons. The minimum Gasteiger partial charge on any atom is -0.465 e. The molecule has 0 aromatic carbocycles. The van der Waals surface area contributed by atoms with Gasteiger partial charge in [0.1, 0.15) is 0 Å². The van der Waals surface area contributed by atoms with Gasteiger partial charge in [0, 0.05) is 6.61 Å². The molecule has 226 valence electrons. The van der Waals surface area contributed by atoms with Gasteiger partial charge in [0.25, 0.3) is 0 Å². The number of carbonyl (C=O) groups is 1. The van der Waals surface area contributed by atoms with E-state index in [4.69, 9.17) is 9.84 Å². The van der Waals surface area contributed by atoms with Crippen molar-refractivity contribution < 1.29 is 14.6 Å². The molecule has 0 heterocycles. The van der Waals surface area contributed by atoms with Gasteiger partial charge < -0.3 is 9.84 Å². The normalized spacial score (nSPS) is 17.8. The Labute approximate surface area is 246 Å². The summed E-state index contributed by atoms with van der Waals surface area (Å²) in [5.74, 6) is 7.17. The molecular weight excluding hydrogens is 508 g/mol. The van der Waals surface area contributed by atoms with Gasteiger partial charge in [-0.1, -0.05) is 84.5 Å². The van der Waals surface area contributed by atoms with E-state index in [1.54, 1.807) is 0 Å². The molecule has 1 fully saturated rings. The number of unbranched alkanes of at least 4 members (excludes halogenated alkanes) is 11. The summed E-state index contributed by atoms with van der Waals surface area (Å²) in [6.45, 7) is 5.60. The van der Waals surface area contributed by atoms with Gasteiger partial charge in [-0.05, 0) is 99.1 Å². The summed E-state index contributed by atoms with van der Waals surface area (Å²) in [4.78, 5) is 12.4. The number of aliphatic hydroxyl groups is 1. The molecule has 1 saturated carbocycles. The third-order valence-corrected chi connectivity index (χ3v) is 10.3. The minimum absolute atomic E-state index is 0.0846. The van der Waals surface area contributed by atoms with E-state index in [1.165, 1.54) is 132 Å². The molecule has 1 rings (SSSR count). The lowest BCUT2D eigenvalue weighted by atomic mass is 9.79. The molecule has 1 aliphatic carbocycles. The Kier molecular flexibility index (Phi) is 26.0. The third kappa shape index (κ3) is 22.9. The zero-order valence-electron chi connectivity index (χ0n) is 25.4. The molecule has 0 aliphatic heterocycles. The van der Waals surface area contributed by atoms with E-state index in [0.29, 0.717) is 13.2 Å². The van der Waals surface area contributed by atoms with Crippen LogP contribution < -0.4 is 0 Å². The van der Waals surface area contributed by atoms with E-state index in [0.717, 1.165) is 37.5 Å².